The molecule has 0 aliphatic heterocycles. The zero-order valence-electron chi connectivity index (χ0n) is 28.9. The fraction of sp³-hybridized carbons (Fsp3) is 0.0612. The fourth-order valence-electron chi connectivity index (χ4n) is 8.81. The Bertz CT molecular complexity index is 3100. The first-order valence-electron chi connectivity index (χ1n) is 18.0. The molecule has 0 spiro atoms. The van der Waals surface area contributed by atoms with Gasteiger partial charge in [-0.05, 0) is 79.7 Å². The van der Waals surface area contributed by atoms with Crippen LogP contribution in [0.15, 0.2) is 164 Å². The van der Waals surface area contributed by atoms with E-state index in [1.807, 2.05) is 12.1 Å². The molecule has 52 heavy (non-hydrogen) atoms. The Morgan fingerprint density at radius 2 is 1.15 bits per heavy atom. The molecule has 0 saturated carbocycles. The van der Waals surface area contributed by atoms with E-state index in [2.05, 4.69) is 170 Å². The molecule has 0 unspecified atom stereocenters. The van der Waals surface area contributed by atoms with Crippen LogP contribution in [0.1, 0.15) is 25.0 Å². The molecule has 11 rings (SSSR count). The van der Waals surface area contributed by atoms with Crippen molar-refractivity contribution in [3.63, 3.8) is 0 Å². The van der Waals surface area contributed by atoms with E-state index in [1.165, 1.54) is 65.7 Å². The summed E-state index contributed by atoms with van der Waals surface area (Å²) in [6, 6.07) is 59.3. The largest absolute Gasteiger partial charge is 0.291 e. The summed E-state index contributed by atoms with van der Waals surface area (Å²) >= 11 is 0. The lowest BCUT2D eigenvalue weighted by Crippen LogP contribution is -2.15. The zero-order chi connectivity index (χ0) is 34.6. The van der Waals surface area contributed by atoms with Gasteiger partial charge in [-0.3, -0.25) is 4.57 Å². The van der Waals surface area contributed by atoms with Crippen LogP contribution in [0.5, 0.6) is 0 Å². The van der Waals surface area contributed by atoms with Crippen molar-refractivity contribution >= 4 is 54.4 Å². The van der Waals surface area contributed by atoms with Crippen molar-refractivity contribution in [3.8, 4) is 39.3 Å². The van der Waals surface area contributed by atoms with E-state index in [-0.39, 0.29) is 5.41 Å². The molecule has 2 aromatic heterocycles. The first-order chi connectivity index (χ1) is 25.5. The molecule has 244 valence electrons. The Labute approximate surface area is 301 Å². The van der Waals surface area contributed by atoms with E-state index < -0.39 is 0 Å². The first kappa shape index (κ1) is 29.2. The quantitative estimate of drug-likeness (QED) is 0.188. The minimum Gasteiger partial charge on any atom is -0.291 e. The lowest BCUT2D eigenvalue weighted by Gasteiger charge is -2.22. The number of fused-ring (bicyclic) bond motifs is 10. The number of aromatic nitrogens is 3. The summed E-state index contributed by atoms with van der Waals surface area (Å²) in [5.74, 6) is 0.827. The molecule has 1 aliphatic carbocycles. The van der Waals surface area contributed by atoms with Crippen molar-refractivity contribution in [1.29, 1.82) is 0 Å². The van der Waals surface area contributed by atoms with Gasteiger partial charge < -0.3 is 0 Å². The summed E-state index contributed by atoms with van der Waals surface area (Å²) < 4.78 is 2.38. The van der Waals surface area contributed by atoms with E-state index in [0.717, 1.165) is 39.1 Å². The van der Waals surface area contributed by atoms with Crippen LogP contribution in [0.3, 0.4) is 0 Å². The maximum absolute atomic E-state index is 5.45. The van der Waals surface area contributed by atoms with E-state index in [4.69, 9.17) is 9.97 Å². The van der Waals surface area contributed by atoms with E-state index in [1.54, 1.807) is 0 Å². The average molecular weight is 664 g/mol. The number of para-hydroxylation sites is 3. The number of benzene rings is 8. The van der Waals surface area contributed by atoms with Gasteiger partial charge in [-0.15, -0.1) is 0 Å². The summed E-state index contributed by atoms with van der Waals surface area (Å²) in [5, 5.41) is 7.40. The number of rotatable bonds is 3. The van der Waals surface area contributed by atoms with Crippen LogP contribution in [0.4, 0.5) is 0 Å². The average Bonchev–Trinajstić information content (AvgIpc) is 3.64. The summed E-state index contributed by atoms with van der Waals surface area (Å²) in [6.45, 7) is 4.74. The SMILES string of the molecule is CC1(C)c2cc(-c3cccc4c5cc6ccccc6cc5n(-c5nc6ccccc6nc5-c5ccccc5)c34)ccc2-c2c1ccc1ccccc21. The summed E-state index contributed by atoms with van der Waals surface area (Å²) in [5.41, 5.74) is 13.5. The Morgan fingerprint density at radius 1 is 0.462 bits per heavy atom. The molecule has 3 nitrogen and oxygen atoms in total. The second-order valence-electron chi connectivity index (χ2n) is 14.6. The number of hydrogen-bond donors (Lipinski definition) is 0. The van der Waals surface area contributed by atoms with Crippen molar-refractivity contribution in [3.05, 3.63) is 175 Å². The molecule has 8 aromatic carbocycles. The maximum atomic E-state index is 5.45. The van der Waals surface area contributed by atoms with Crippen LogP contribution in [0, 0.1) is 0 Å². The van der Waals surface area contributed by atoms with Crippen molar-refractivity contribution in [1.82, 2.24) is 14.5 Å². The predicted octanol–water partition coefficient (Wildman–Crippen LogP) is 12.7. The molecule has 10 aromatic rings. The van der Waals surface area contributed by atoms with E-state index >= 15 is 0 Å². The lowest BCUT2D eigenvalue weighted by atomic mass is 9.81. The second-order valence-corrected chi connectivity index (χ2v) is 14.6. The summed E-state index contributed by atoms with van der Waals surface area (Å²) in [4.78, 5) is 10.8. The van der Waals surface area contributed by atoms with Crippen molar-refractivity contribution in [2.45, 2.75) is 19.3 Å². The van der Waals surface area contributed by atoms with Gasteiger partial charge >= 0.3 is 0 Å². The smallest absolute Gasteiger partial charge is 0.165 e. The molecule has 2 heterocycles. The molecule has 0 amide bonds. The Hall–Kier alpha value is -6.58. The van der Waals surface area contributed by atoms with Gasteiger partial charge in [0.2, 0.25) is 0 Å². The monoisotopic (exact) mass is 663 g/mol. The predicted molar refractivity (Wildman–Crippen MR) is 217 cm³/mol. The van der Waals surface area contributed by atoms with Gasteiger partial charge in [0.1, 0.15) is 5.69 Å². The van der Waals surface area contributed by atoms with Crippen LogP contribution < -0.4 is 0 Å². The van der Waals surface area contributed by atoms with Gasteiger partial charge in [0.15, 0.2) is 5.82 Å². The zero-order valence-corrected chi connectivity index (χ0v) is 28.9. The molecular formula is C49H33N3. The van der Waals surface area contributed by atoms with Crippen molar-refractivity contribution in [2.75, 3.05) is 0 Å². The molecule has 1 aliphatic rings. The maximum Gasteiger partial charge on any atom is 0.165 e. The Kier molecular flexibility index (Phi) is 6.01. The Morgan fingerprint density at radius 3 is 1.98 bits per heavy atom. The van der Waals surface area contributed by atoms with Crippen LogP contribution >= 0.6 is 0 Å². The van der Waals surface area contributed by atoms with Gasteiger partial charge in [-0.2, -0.15) is 0 Å². The van der Waals surface area contributed by atoms with E-state index in [9.17, 15) is 0 Å². The molecular weight excluding hydrogens is 631 g/mol. The normalized spacial score (nSPS) is 13.3. The molecule has 0 fully saturated rings. The van der Waals surface area contributed by atoms with Crippen LogP contribution in [0.2, 0.25) is 0 Å². The summed E-state index contributed by atoms with van der Waals surface area (Å²) in [7, 11) is 0. The topological polar surface area (TPSA) is 30.7 Å². The Balaban J connectivity index is 1.25. The number of nitrogens with zero attached hydrogens (tertiary/aromatic N) is 3. The highest BCUT2D eigenvalue weighted by atomic mass is 15.1. The minimum atomic E-state index is -0.146. The van der Waals surface area contributed by atoms with Gasteiger partial charge in [0.25, 0.3) is 0 Å². The van der Waals surface area contributed by atoms with Crippen LogP contribution in [-0.2, 0) is 5.41 Å². The molecule has 0 N–H and O–H groups in total. The fourth-order valence-corrected chi connectivity index (χ4v) is 8.81. The van der Waals surface area contributed by atoms with Gasteiger partial charge in [-0.25, -0.2) is 9.97 Å². The molecule has 0 saturated heterocycles. The third-order valence-electron chi connectivity index (χ3n) is 11.3. The third-order valence-corrected chi connectivity index (χ3v) is 11.3. The molecule has 0 radical (unpaired) electrons. The second kappa shape index (κ2) is 10.7. The van der Waals surface area contributed by atoms with Gasteiger partial charge in [0, 0.05) is 27.3 Å². The first-order valence-corrected chi connectivity index (χ1v) is 18.0. The highest BCUT2D eigenvalue weighted by molar-refractivity contribution is 6.17. The van der Waals surface area contributed by atoms with Crippen molar-refractivity contribution in [2.24, 2.45) is 0 Å². The highest BCUT2D eigenvalue weighted by Crippen LogP contribution is 2.52. The van der Waals surface area contributed by atoms with E-state index in [0.29, 0.717) is 0 Å². The molecule has 0 atom stereocenters. The lowest BCUT2D eigenvalue weighted by molar-refractivity contribution is 0.661. The van der Waals surface area contributed by atoms with Gasteiger partial charge in [0.05, 0.1) is 22.1 Å². The minimum absolute atomic E-state index is 0.146. The third kappa shape index (κ3) is 4.08. The standard InChI is InChI=1S/C49H33N3/c1-49(2)40-26-24-30-13-8-9-18-35(30)45(40)38-25-23-34(28-41(38)49)36-19-12-20-37-39-27-32-16-6-7-17-33(32)29-44(39)52(47(36)37)48-46(31-14-4-3-5-15-31)50-42-21-10-11-22-43(42)51-48/h3-29H,1-2H3. The highest BCUT2D eigenvalue weighted by Gasteiger charge is 2.37. The van der Waals surface area contributed by atoms with Gasteiger partial charge in [-0.1, -0.05) is 147 Å². The summed E-state index contributed by atoms with van der Waals surface area (Å²) in [6.07, 6.45) is 0. The molecule has 0 bridgehead atoms. The van der Waals surface area contributed by atoms with Crippen LogP contribution in [0.25, 0.3) is 93.7 Å². The molecule has 3 heteroatoms. The van der Waals surface area contributed by atoms with Crippen LogP contribution in [-0.4, -0.2) is 14.5 Å². The van der Waals surface area contributed by atoms with Crippen molar-refractivity contribution < 1.29 is 0 Å². The number of hydrogen-bond acceptors (Lipinski definition) is 2.